The highest BCUT2D eigenvalue weighted by molar-refractivity contribution is 7.88. The number of aliphatic hydroxyl groups is 1. The quantitative estimate of drug-likeness (QED) is 0.889. The van der Waals surface area contributed by atoms with Gasteiger partial charge in [-0.05, 0) is 24.5 Å². The Kier molecular flexibility index (Phi) is 4.20. The largest absolute Gasteiger partial charge is 0.392 e. The molecule has 19 heavy (non-hydrogen) atoms. The smallest absolute Gasteiger partial charge is 0.218 e. The minimum Gasteiger partial charge on any atom is -0.392 e. The van der Waals surface area contributed by atoms with Crippen LogP contribution in [0.4, 0.5) is 0 Å². The monoisotopic (exact) mass is 280 g/mol. The summed E-state index contributed by atoms with van der Waals surface area (Å²) < 4.78 is 25.9. The van der Waals surface area contributed by atoms with Crippen LogP contribution >= 0.6 is 0 Å². The van der Waals surface area contributed by atoms with Crippen molar-refractivity contribution < 1.29 is 13.5 Å². The molecule has 1 unspecified atom stereocenters. The second-order valence-corrected chi connectivity index (χ2v) is 6.65. The average Bonchev–Trinajstić information content (AvgIpc) is 2.39. The first kappa shape index (κ1) is 14.0. The Morgan fingerprint density at radius 1 is 1.42 bits per heavy atom. The molecule has 5 nitrogen and oxygen atoms in total. The van der Waals surface area contributed by atoms with Gasteiger partial charge in [0.15, 0.2) is 0 Å². The molecule has 1 aliphatic rings. The molecule has 1 fully saturated rings. The van der Waals surface area contributed by atoms with Gasteiger partial charge < -0.3 is 5.11 Å². The van der Waals surface area contributed by atoms with Crippen molar-refractivity contribution in [2.75, 3.05) is 13.1 Å². The van der Waals surface area contributed by atoms with Gasteiger partial charge in [0.2, 0.25) is 10.0 Å². The van der Waals surface area contributed by atoms with Gasteiger partial charge in [-0.3, -0.25) is 0 Å². The van der Waals surface area contributed by atoms with E-state index in [1.165, 1.54) is 4.31 Å². The van der Waals surface area contributed by atoms with Crippen LogP contribution in [-0.2, 0) is 15.8 Å². The maximum absolute atomic E-state index is 12.3. The third-order valence-electron chi connectivity index (χ3n) is 3.23. The number of hydrogen-bond acceptors (Lipinski definition) is 4. The van der Waals surface area contributed by atoms with Crippen LogP contribution < -0.4 is 0 Å². The highest BCUT2D eigenvalue weighted by Gasteiger charge is 2.28. The average molecular weight is 280 g/mol. The standard InChI is InChI=1S/C13H16N2O3S/c14-8-11-4-1-2-5-12(11)10-19(17,18)15-7-3-6-13(16)9-15/h1-2,4-5,13,16H,3,6-7,9-10H2. The zero-order valence-corrected chi connectivity index (χ0v) is 11.3. The minimum absolute atomic E-state index is 0.150. The molecular weight excluding hydrogens is 264 g/mol. The second-order valence-electron chi connectivity index (χ2n) is 4.68. The molecule has 0 aliphatic carbocycles. The molecule has 1 saturated heterocycles. The molecule has 1 atom stereocenters. The number of benzene rings is 1. The lowest BCUT2D eigenvalue weighted by atomic mass is 10.1. The summed E-state index contributed by atoms with van der Waals surface area (Å²) in [4.78, 5) is 0. The van der Waals surface area contributed by atoms with Crippen molar-refractivity contribution >= 4 is 10.0 Å². The van der Waals surface area contributed by atoms with Crippen LogP contribution in [0.25, 0.3) is 0 Å². The van der Waals surface area contributed by atoms with E-state index in [1.807, 2.05) is 6.07 Å². The molecule has 0 saturated carbocycles. The normalized spacial score (nSPS) is 20.9. The van der Waals surface area contributed by atoms with E-state index >= 15 is 0 Å². The molecule has 0 spiro atoms. The molecule has 6 heteroatoms. The predicted molar refractivity (Wildman–Crippen MR) is 70.6 cm³/mol. The summed E-state index contributed by atoms with van der Waals surface area (Å²) in [7, 11) is -3.48. The summed E-state index contributed by atoms with van der Waals surface area (Å²) in [6.45, 7) is 0.588. The van der Waals surface area contributed by atoms with Gasteiger partial charge in [0.05, 0.1) is 23.5 Å². The van der Waals surface area contributed by atoms with Crippen molar-refractivity contribution in [1.82, 2.24) is 4.31 Å². The molecule has 1 heterocycles. The summed E-state index contributed by atoms with van der Waals surface area (Å²) >= 11 is 0. The Hall–Kier alpha value is -1.42. The molecule has 1 N–H and O–H groups in total. The molecule has 1 aromatic rings. The van der Waals surface area contributed by atoms with E-state index in [4.69, 9.17) is 5.26 Å². The van der Waals surface area contributed by atoms with Crippen molar-refractivity contribution in [3.8, 4) is 6.07 Å². The molecule has 0 aromatic heterocycles. The molecule has 1 aromatic carbocycles. The summed E-state index contributed by atoms with van der Waals surface area (Å²) in [5.74, 6) is -0.191. The fourth-order valence-electron chi connectivity index (χ4n) is 2.22. The van der Waals surface area contributed by atoms with Gasteiger partial charge in [-0.25, -0.2) is 8.42 Å². The van der Waals surface area contributed by atoms with Gasteiger partial charge >= 0.3 is 0 Å². The van der Waals surface area contributed by atoms with Crippen LogP contribution in [0.1, 0.15) is 24.0 Å². The highest BCUT2D eigenvalue weighted by atomic mass is 32.2. The van der Waals surface area contributed by atoms with Crippen molar-refractivity contribution in [2.24, 2.45) is 0 Å². The number of piperidine rings is 1. The Morgan fingerprint density at radius 2 is 2.16 bits per heavy atom. The van der Waals surface area contributed by atoms with E-state index in [0.29, 0.717) is 30.5 Å². The van der Waals surface area contributed by atoms with E-state index < -0.39 is 16.1 Å². The molecule has 0 radical (unpaired) electrons. The zero-order valence-electron chi connectivity index (χ0n) is 10.5. The van der Waals surface area contributed by atoms with E-state index in [2.05, 4.69) is 0 Å². The first-order valence-corrected chi connectivity index (χ1v) is 7.78. The van der Waals surface area contributed by atoms with Crippen LogP contribution in [0.15, 0.2) is 24.3 Å². The van der Waals surface area contributed by atoms with Crippen LogP contribution in [0.5, 0.6) is 0 Å². The summed E-state index contributed by atoms with van der Waals surface area (Å²) in [6.07, 6.45) is 0.718. The zero-order chi connectivity index (χ0) is 13.9. The number of hydrogen-bond donors (Lipinski definition) is 1. The van der Waals surface area contributed by atoms with E-state index in [1.54, 1.807) is 24.3 Å². The van der Waals surface area contributed by atoms with Gasteiger partial charge in [0.1, 0.15) is 0 Å². The lowest BCUT2D eigenvalue weighted by Crippen LogP contribution is -2.42. The maximum atomic E-state index is 12.3. The number of β-amino-alcohol motifs (C(OH)–C–C–N with tert-alkyl or cyclic N) is 1. The molecule has 0 amide bonds. The lowest BCUT2D eigenvalue weighted by molar-refractivity contribution is 0.108. The first-order chi connectivity index (χ1) is 9.03. The topological polar surface area (TPSA) is 81.4 Å². The van der Waals surface area contributed by atoms with E-state index in [-0.39, 0.29) is 12.3 Å². The summed E-state index contributed by atoms with van der Waals surface area (Å²) in [5.41, 5.74) is 0.883. The fraction of sp³-hybridized carbons (Fsp3) is 0.462. The number of sulfonamides is 1. The maximum Gasteiger partial charge on any atom is 0.218 e. The van der Waals surface area contributed by atoms with Crippen molar-refractivity contribution in [3.63, 3.8) is 0 Å². The van der Waals surface area contributed by atoms with Crippen LogP contribution in [0.2, 0.25) is 0 Å². The van der Waals surface area contributed by atoms with E-state index in [0.717, 1.165) is 0 Å². The van der Waals surface area contributed by atoms with Crippen LogP contribution in [0.3, 0.4) is 0 Å². The highest BCUT2D eigenvalue weighted by Crippen LogP contribution is 2.19. The van der Waals surface area contributed by atoms with Crippen LogP contribution in [0, 0.1) is 11.3 Å². The first-order valence-electron chi connectivity index (χ1n) is 6.17. The van der Waals surface area contributed by atoms with E-state index in [9.17, 15) is 13.5 Å². The minimum atomic E-state index is -3.48. The Balaban J connectivity index is 2.19. The fourth-order valence-corrected chi connectivity index (χ4v) is 3.85. The SMILES string of the molecule is N#Cc1ccccc1CS(=O)(=O)N1CCCC(O)C1. The number of aliphatic hydroxyl groups excluding tert-OH is 1. The van der Waals surface area contributed by atoms with Gasteiger partial charge in [-0.1, -0.05) is 18.2 Å². The molecule has 102 valence electrons. The number of nitriles is 1. The number of rotatable bonds is 3. The third kappa shape index (κ3) is 3.32. The van der Waals surface area contributed by atoms with Gasteiger partial charge in [0, 0.05) is 13.1 Å². The molecule has 1 aliphatic heterocycles. The molecule has 0 bridgehead atoms. The predicted octanol–water partition coefficient (Wildman–Crippen LogP) is 0.845. The Bertz CT molecular complexity index is 592. The Labute approximate surface area is 113 Å². The second kappa shape index (κ2) is 5.70. The van der Waals surface area contributed by atoms with Gasteiger partial charge in [-0.15, -0.1) is 0 Å². The molecule has 2 rings (SSSR count). The van der Waals surface area contributed by atoms with Crippen LogP contribution in [-0.4, -0.2) is 37.0 Å². The lowest BCUT2D eigenvalue weighted by Gasteiger charge is -2.29. The van der Waals surface area contributed by atoms with Crippen molar-refractivity contribution in [3.05, 3.63) is 35.4 Å². The third-order valence-corrected chi connectivity index (χ3v) is 5.02. The van der Waals surface area contributed by atoms with Crippen molar-refractivity contribution in [1.29, 1.82) is 5.26 Å². The molecular formula is C13H16N2O3S. The Morgan fingerprint density at radius 3 is 2.84 bits per heavy atom. The summed E-state index contributed by atoms with van der Waals surface area (Å²) in [6, 6.07) is 8.68. The van der Waals surface area contributed by atoms with Crippen molar-refractivity contribution in [2.45, 2.75) is 24.7 Å². The summed E-state index contributed by atoms with van der Waals surface area (Å²) in [5, 5.41) is 18.5. The van der Waals surface area contributed by atoms with Gasteiger partial charge in [0.25, 0.3) is 0 Å². The number of nitrogens with zero attached hydrogens (tertiary/aromatic N) is 2. The van der Waals surface area contributed by atoms with Gasteiger partial charge in [-0.2, -0.15) is 9.57 Å².